The Morgan fingerprint density at radius 2 is 1.79 bits per heavy atom. The zero-order valence-electron chi connectivity index (χ0n) is 8.51. The molecule has 2 aliphatic carbocycles. The van der Waals surface area contributed by atoms with Gasteiger partial charge in [0.2, 0.25) is 0 Å². The van der Waals surface area contributed by atoms with E-state index in [1.165, 1.54) is 32.1 Å². The lowest BCUT2D eigenvalue weighted by atomic mass is 9.67. The van der Waals surface area contributed by atoms with Gasteiger partial charge in [-0.1, -0.05) is 28.8 Å². The molecule has 0 spiro atoms. The molecule has 1 aliphatic heterocycles. The van der Waals surface area contributed by atoms with Crippen LogP contribution in [0.5, 0.6) is 0 Å². The Kier molecular flexibility index (Phi) is 2.58. The summed E-state index contributed by atoms with van der Waals surface area (Å²) < 4.78 is 0. The molecule has 3 fully saturated rings. The van der Waals surface area contributed by atoms with Gasteiger partial charge in [0.05, 0.1) is 0 Å². The maximum Gasteiger partial charge on any atom is 0.0459 e. The van der Waals surface area contributed by atoms with Crippen molar-refractivity contribution in [2.45, 2.75) is 49.0 Å². The van der Waals surface area contributed by atoms with Crippen molar-refractivity contribution in [3.05, 3.63) is 0 Å². The van der Waals surface area contributed by atoms with Crippen LogP contribution in [0.1, 0.15) is 32.1 Å². The van der Waals surface area contributed by atoms with E-state index in [1.54, 1.807) is 0 Å². The van der Waals surface area contributed by atoms with Crippen molar-refractivity contribution in [1.82, 2.24) is 10.6 Å². The maximum absolute atomic E-state index is 3.90. The minimum absolute atomic E-state index is 0.735. The second-order valence-electron chi connectivity index (χ2n) is 5.08. The van der Waals surface area contributed by atoms with Crippen LogP contribution < -0.4 is 10.6 Å². The van der Waals surface area contributed by atoms with E-state index in [0.717, 1.165) is 35.4 Å². The minimum atomic E-state index is 0.735. The van der Waals surface area contributed by atoms with Gasteiger partial charge in [0, 0.05) is 23.6 Å². The number of hydrogen-bond acceptors (Lipinski definition) is 2. The molecule has 5 atom stereocenters. The van der Waals surface area contributed by atoms with Crippen LogP contribution in [-0.2, 0) is 0 Å². The van der Waals surface area contributed by atoms with Crippen molar-refractivity contribution < 1.29 is 0 Å². The summed E-state index contributed by atoms with van der Waals surface area (Å²) in [7, 11) is 0. The molecule has 0 aromatic carbocycles. The summed E-state index contributed by atoms with van der Waals surface area (Å²) in [5.41, 5.74) is 0. The number of nitrogens with one attached hydrogen (secondary N) is 2. The summed E-state index contributed by atoms with van der Waals surface area (Å²) in [6, 6.07) is 1.51. The Labute approximate surface area is 94.3 Å². The van der Waals surface area contributed by atoms with E-state index in [4.69, 9.17) is 0 Å². The topological polar surface area (TPSA) is 24.1 Å². The fraction of sp³-hybridized carbons (Fsp3) is 1.00. The van der Waals surface area contributed by atoms with Crippen LogP contribution in [0.2, 0.25) is 0 Å². The van der Waals surface area contributed by atoms with Crippen LogP contribution >= 0.6 is 15.9 Å². The van der Waals surface area contributed by atoms with Gasteiger partial charge in [-0.05, 0) is 31.1 Å². The largest absolute Gasteiger partial charge is 0.300 e. The lowest BCUT2D eigenvalue weighted by Gasteiger charge is -2.45. The zero-order chi connectivity index (χ0) is 9.54. The molecule has 0 amide bonds. The van der Waals surface area contributed by atoms with Crippen LogP contribution in [0.4, 0.5) is 0 Å². The van der Waals surface area contributed by atoms with Crippen molar-refractivity contribution in [3.63, 3.8) is 0 Å². The van der Waals surface area contributed by atoms with E-state index in [1.807, 2.05) is 0 Å². The predicted octanol–water partition coefficient (Wildman–Crippen LogP) is 1.85. The third kappa shape index (κ3) is 1.44. The number of fused-ring (bicyclic) bond motifs is 3. The number of halogens is 1. The number of alkyl halides is 1. The Morgan fingerprint density at radius 1 is 1.00 bits per heavy atom. The molecule has 14 heavy (non-hydrogen) atoms. The van der Waals surface area contributed by atoms with Crippen LogP contribution in [-0.4, -0.2) is 23.6 Å². The molecular formula is C11H19BrN2. The summed E-state index contributed by atoms with van der Waals surface area (Å²) in [4.78, 5) is 0.765. The van der Waals surface area contributed by atoms with Crippen molar-refractivity contribution in [1.29, 1.82) is 0 Å². The molecule has 3 rings (SSSR count). The van der Waals surface area contributed by atoms with E-state index in [0.29, 0.717) is 0 Å². The molecule has 1 saturated heterocycles. The first-order valence-electron chi connectivity index (χ1n) is 5.97. The van der Waals surface area contributed by atoms with Gasteiger partial charge in [0.25, 0.3) is 0 Å². The number of rotatable bonds is 0. The summed E-state index contributed by atoms with van der Waals surface area (Å²) in [5.74, 6) is 1.87. The summed E-state index contributed by atoms with van der Waals surface area (Å²) in [6.07, 6.45) is 7.12. The molecule has 1 heterocycles. The molecule has 2 nitrogen and oxygen atoms in total. The smallest absolute Gasteiger partial charge is 0.0459 e. The maximum atomic E-state index is 3.90. The summed E-state index contributed by atoms with van der Waals surface area (Å²) >= 11 is 3.90. The highest BCUT2D eigenvalue weighted by Gasteiger charge is 2.45. The second-order valence-corrected chi connectivity index (χ2v) is 6.26. The van der Waals surface area contributed by atoms with Crippen molar-refractivity contribution >= 4 is 15.9 Å². The lowest BCUT2D eigenvalue weighted by Crippen LogP contribution is -2.52. The van der Waals surface area contributed by atoms with Crippen molar-refractivity contribution in [2.24, 2.45) is 11.8 Å². The molecule has 2 saturated carbocycles. The molecule has 5 unspecified atom stereocenters. The first-order valence-corrected chi connectivity index (χ1v) is 6.88. The second kappa shape index (κ2) is 3.76. The molecule has 3 heteroatoms. The average molecular weight is 259 g/mol. The van der Waals surface area contributed by atoms with Crippen molar-refractivity contribution in [2.75, 3.05) is 6.67 Å². The fourth-order valence-corrected chi connectivity index (χ4v) is 4.82. The van der Waals surface area contributed by atoms with Gasteiger partial charge < -0.3 is 5.32 Å². The monoisotopic (exact) mass is 258 g/mol. The van der Waals surface area contributed by atoms with Gasteiger partial charge in [-0.2, -0.15) is 0 Å². The zero-order valence-corrected chi connectivity index (χ0v) is 10.1. The molecule has 0 aromatic rings. The highest BCUT2D eigenvalue weighted by Crippen LogP contribution is 2.44. The molecule has 0 aromatic heterocycles. The fourth-order valence-electron chi connectivity index (χ4n) is 3.76. The van der Waals surface area contributed by atoms with Gasteiger partial charge in [-0.25, -0.2) is 0 Å². The first kappa shape index (κ1) is 9.61. The average Bonchev–Trinajstić information content (AvgIpc) is 2.66. The Bertz CT molecular complexity index is 219. The quantitative estimate of drug-likeness (QED) is 0.649. The Hall–Kier alpha value is 0.400. The standard InChI is InChI=1S/C11H19BrN2/c12-9-5-10-11(14-6-13-10)8-4-2-1-3-7(8)9/h7-11,13-14H,1-6H2. The number of hydrogen-bond donors (Lipinski definition) is 2. The van der Waals surface area contributed by atoms with Gasteiger partial charge in [-0.15, -0.1) is 0 Å². The van der Waals surface area contributed by atoms with Crippen LogP contribution in [0.25, 0.3) is 0 Å². The molecule has 0 radical (unpaired) electrons. The van der Waals surface area contributed by atoms with Gasteiger partial charge in [-0.3, -0.25) is 5.32 Å². The van der Waals surface area contributed by atoms with Crippen LogP contribution in [0.15, 0.2) is 0 Å². The van der Waals surface area contributed by atoms with Gasteiger partial charge in [0.1, 0.15) is 0 Å². The highest BCUT2D eigenvalue weighted by atomic mass is 79.9. The molecule has 80 valence electrons. The van der Waals surface area contributed by atoms with Crippen LogP contribution in [0.3, 0.4) is 0 Å². The molecule has 0 bridgehead atoms. The van der Waals surface area contributed by atoms with Crippen molar-refractivity contribution in [3.8, 4) is 0 Å². The SMILES string of the molecule is BrC1CC2NCNC2C2CCCCC12. The van der Waals surface area contributed by atoms with E-state index in [-0.39, 0.29) is 0 Å². The normalized spacial score (nSPS) is 52.5. The third-order valence-electron chi connectivity index (χ3n) is 4.42. The Balaban J connectivity index is 1.81. The summed E-state index contributed by atoms with van der Waals surface area (Å²) in [5, 5.41) is 7.23. The van der Waals surface area contributed by atoms with E-state index in [2.05, 4.69) is 26.6 Å². The molecule has 3 aliphatic rings. The van der Waals surface area contributed by atoms with E-state index < -0.39 is 0 Å². The van der Waals surface area contributed by atoms with Gasteiger partial charge in [0.15, 0.2) is 0 Å². The summed E-state index contributed by atoms with van der Waals surface area (Å²) in [6.45, 7) is 1.03. The highest BCUT2D eigenvalue weighted by molar-refractivity contribution is 9.09. The van der Waals surface area contributed by atoms with Gasteiger partial charge >= 0.3 is 0 Å². The van der Waals surface area contributed by atoms with E-state index >= 15 is 0 Å². The first-order chi connectivity index (χ1) is 6.86. The molecular weight excluding hydrogens is 240 g/mol. The minimum Gasteiger partial charge on any atom is -0.300 e. The third-order valence-corrected chi connectivity index (χ3v) is 5.47. The predicted molar refractivity (Wildman–Crippen MR) is 61.5 cm³/mol. The Morgan fingerprint density at radius 3 is 2.64 bits per heavy atom. The lowest BCUT2D eigenvalue weighted by molar-refractivity contribution is 0.135. The molecule has 2 N–H and O–H groups in total. The van der Waals surface area contributed by atoms with Crippen LogP contribution in [0, 0.1) is 11.8 Å². The van der Waals surface area contributed by atoms with E-state index in [9.17, 15) is 0 Å².